The van der Waals surface area contributed by atoms with E-state index in [1.807, 2.05) is 0 Å². The molecule has 28 heavy (non-hydrogen) atoms. The standard InChI is InChI=1S/C23H30N2O3/c1-5-17(3)23(4,6-2)19-10-7-18(8-11-19)9-12-20(26)24-15-16-25-21(27)13-14-22(25)28/h7-8,10-11,13-14H,3,5-6,9,12,15-16H2,1-2,4H3,(H,24,26). The lowest BCUT2D eigenvalue weighted by molar-refractivity contribution is -0.137. The van der Waals surface area contributed by atoms with Crippen LogP contribution in [0.1, 0.15) is 51.2 Å². The van der Waals surface area contributed by atoms with E-state index in [0.29, 0.717) is 12.8 Å². The molecule has 150 valence electrons. The van der Waals surface area contributed by atoms with E-state index >= 15 is 0 Å². The highest BCUT2D eigenvalue weighted by molar-refractivity contribution is 6.12. The van der Waals surface area contributed by atoms with E-state index in [-0.39, 0.29) is 36.2 Å². The molecule has 1 unspecified atom stereocenters. The molecule has 0 saturated carbocycles. The van der Waals surface area contributed by atoms with Crippen LogP contribution in [0.2, 0.25) is 0 Å². The second-order valence-corrected chi connectivity index (χ2v) is 7.35. The van der Waals surface area contributed by atoms with Gasteiger partial charge in [-0.05, 0) is 30.4 Å². The van der Waals surface area contributed by atoms with Crippen molar-refractivity contribution in [1.29, 1.82) is 0 Å². The van der Waals surface area contributed by atoms with Gasteiger partial charge in [0.2, 0.25) is 5.91 Å². The molecule has 1 N–H and O–H groups in total. The summed E-state index contributed by atoms with van der Waals surface area (Å²) in [6, 6.07) is 8.42. The van der Waals surface area contributed by atoms with Crippen LogP contribution >= 0.6 is 0 Å². The number of carbonyl (C=O) groups excluding carboxylic acids is 3. The maximum Gasteiger partial charge on any atom is 0.253 e. The van der Waals surface area contributed by atoms with Crippen molar-refractivity contribution in [2.24, 2.45) is 0 Å². The number of nitrogens with one attached hydrogen (secondary N) is 1. The summed E-state index contributed by atoms with van der Waals surface area (Å²) in [7, 11) is 0. The summed E-state index contributed by atoms with van der Waals surface area (Å²) in [4.78, 5) is 36.1. The van der Waals surface area contributed by atoms with Crippen molar-refractivity contribution in [3.8, 4) is 0 Å². The molecular weight excluding hydrogens is 352 g/mol. The van der Waals surface area contributed by atoms with E-state index in [9.17, 15) is 14.4 Å². The van der Waals surface area contributed by atoms with Gasteiger partial charge in [0.15, 0.2) is 0 Å². The largest absolute Gasteiger partial charge is 0.354 e. The van der Waals surface area contributed by atoms with Gasteiger partial charge < -0.3 is 5.32 Å². The van der Waals surface area contributed by atoms with E-state index in [2.05, 4.69) is 56.9 Å². The van der Waals surface area contributed by atoms with Gasteiger partial charge in [0, 0.05) is 37.1 Å². The molecule has 0 saturated heterocycles. The maximum atomic E-state index is 12.0. The molecule has 1 atom stereocenters. The zero-order valence-corrected chi connectivity index (χ0v) is 17.1. The molecule has 5 nitrogen and oxygen atoms in total. The molecule has 0 radical (unpaired) electrons. The lowest BCUT2D eigenvalue weighted by Gasteiger charge is -2.31. The minimum Gasteiger partial charge on any atom is -0.354 e. The maximum absolute atomic E-state index is 12.0. The van der Waals surface area contributed by atoms with Crippen molar-refractivity contribution >= 4 is 17.7 Å². The number of hydrogen-bond donors (Lipinski definition) is 1. The number of allylic oxidation sites excluding steroid dienone is 1. The summed E-state index contributed by atoms with van der Waals surface area (Å²) in [5, 5.41) is 2.76. The van der Waals surface area contributed by atoms with Gasteiger partial charge in [0.1, 0.15) is 0 Å². The number of hydrogen-bond acceptors (Lipinski definition) is 3. The van der Waals surface area contributed by atoms with Crippen LogP contribution in [-0.2, 0) is 26.2 Å². The van der Waals surface area contributed by atoms with Crippen LogP contribution in [0.4, 0.5) is 0 Å². The average Bonchev–Trinajstić information content (AvgIpc) is 3.03. The Morgan fingerprint density at radius 2 is 1.71 bits per heavy atom. The molecule has 1 aliphatic rings. The molecule has 1 aromatic carbocycles. The van der Waals surface area contributed by atoms with Crippen molar-refractivity contribution < 1.29 is 14.4 Å². The highest BCUT2D eigenvalue weighted by atomic mass is 16.2. The van der Waals surface area contributed by atoms with Crippen LogP contribution in [0.5, 0.6) is 0 Å². The fourth-order valence-electron chi connectivity index (χ4n) is 3.39. The number of aryl methyl sites for hydroxylation is 1. The van der Waals surface area contributed by atoms with Crippen LogP contribution in [0.15, 0.2) is 48.6 Å². The minimum absolute atomic E-state index is 0.0239. The third kappa shape index (κ3) is 4.97. The van der Waals surface area contributed by atoms with E-state index in [1.54, 1.807) is 0 Å². The normalized spacial score (nSPS) is 15.6. The number of nitrogens with zero attached hydrogens (tertiary/aromatic N) is 1. The van der Waals surface area contributed by atoms with Crippen molar-refractivity contribution in [2.75, 3.05) is 13.1 Å². The second kappa shape index (κ2) is 9.49. The van der Waals surface area contributed by atoms with Crippen molar-refractivity contribution in [3.05, 3.63) is 59.7 Å². The van der Waals surface area contributed by atoms with E-state index in [0.717, 1.165) is 23.3 Å². The van der Waals surface area contributed by atoms with Crippen molar-refractivity contribution in [2.45, 2.75) is 51.9 Å². The summed E-state index contributed by atoms with van der Waals surface area (Å²) in [5.41, 5.74) is 3.56. The molecule has 1 heterocycles. The van der Waals surface area contributed by atoms with Gasteiger partial charge in [-0.2, -0.15) is 0 Å². The van der Waals surface area contributed by atoms with E-state index < -0.39 is 0 Å². The molecule has 0 aromatic heterocycles. The minimum atomic E-state index is -0.329. The van der Waals surface area contributed by atoms with Crippen molar-refractivity contribution in [3.63, 3.8) is 0 Å². The quantitative estimate of drug-likeness (QED) is 0.499. The fourth-order valence-corrected chi connectivity index (χ4v) is 3.39. The molecule has 0 bridgehead atoms. The molecule has 5 heteroatoms. The molecule has 2 rings (SSSR count). The molecule has 0 spiro atoms. The van der Waals surface area contributed by atoms with Gasteiger partial charge in [0.05, 0.1) is 0 Å². The third-order valence-electron chi connectivity index (χ3n) is 5.70. The van der Waals surface area contributed by atoms with Gasteiger partial charge >= 0.3 is 0 Å². The zero-order chi connectivity index (χ0) is 20.7. The van der Waals surface area contributed by atoms with Gasteiger partial charge in [0.25, 0.3) is 11.8 Å². The first-order valence-electron chi connectivity index (χ1n) is 9.89. The summed E-state index contributed by atoms with van der Waals surface area (Å²) >= 11 is 0. The Morgan fingerprint density at radius 3 is 2.25 bits per heavy atom. The van der Waals surface area contributed by atoms with Crippen LogP contribution in [-0.4, -0.2) is 35.7 Å². The molecule has 3 amide bonds. The SMILES string of the molecule is C=C(CC)C(C)(CC)c1ccc(CCC(=O)NCCN2C(=O)C=CC2=O)cc1. The Bertz CT molecular complexity index is 762. The molecular formula is C23H30N2O3. The van der Waals surface area contributed by atoms with Gasteiger partial charge in [-0.15, -0.1) is 0 Å². The first kappa shape index (κ1) is 21.6. The van der Waals surface area contributed by atoms with Crippen LogP contribution in [0.3, 0.4) is 0 Å². The number of rotatable bonds is 10. The molecule has 1 aliphatic heterocycles. The topological polar surface area (TPSA) is 66.5 Å². The van der Waals surface area contributed by atoms with Crippen LogP contribution in [0, 0.1) is 0 Å². The Kier molecular flexibility index (Phi) is 7.32. The first-order chi connectivity index (χ1) is 13.3. The van der Waals surface area contributed by atoms with Gasteiger partial charge in [-0.3, -0.25) is 19.3 Å². The molecule has 0 aliphatic carbocycles. The Morgan fingerprint density at radius 1 is 1.11 bits per heavy atom. The lowest BCUT2D eigenvalue weighted by atomic mass is 9.73. The van der Waals surface area contributed by atoms with Crippen LogP contribution < -0.4 is 5.32 Å². The third-order valence-corrected chi connectivity index (χ3v) is 5.70. The highest BCUT2D eigenvalue weighted by Crippen LogP contribution is 2.36. The Labute approximate surface area is 167 Å². The molecule has 1 aromatic rings. The highest BCUT2D eigenvalue weighted by Gasteiger charge is 2.26. The summed E-state index contributed by atoms with van der Waals surface area (Å²) in [5.74, 6) is -0.748. The molecule has 0 fully saturated rings. The van der Waals surface area contributed by atoms with Crippen molar-refractivity contribution in [1.82, 2.24) is 10.2 Å². The van der Waals surface area contributed by atoms with Gasteiger partial charge in [-0.25, -0.2) is 0 Å². The Hall–Kier alpha value is -2.69. The van der Waals surface area contributed by atoms with Gasteiger partial charge in [-0.1, -0.05) is 57.2 Å². The van der Waals surface area contributed by atoms with E-state index in [1.165, 1.54) is 23.3 Å². The smallest absolute Gasteiger partial charge is 0.253 e. The summed E-state index contributed by atoms with van der Waals surface area (Å²) < 4.78 is 0. The second-order valence-electron chi connectivity index (χ2n) is 7.35. The lowest BCUT2D eigenvalue weighted by Crippen LogP contribution is -2.38. The summed E-state index contributed by atoms with van der Waals surface area (Å²) in [6.45, 7) is 11.2. The van der Waals surface area contributed by atoms with E-state index in [4.69, 9.17) is 0 Å². The predicted molar refractivity (Wildman–Crippen MR) is 111 cm³/mol. The number of carbonyl (C=O) groups is 3. The fraction of sp³-hybridized carbons (Fsp3) is 0.435. The average molecular weight is 383 g/mol. The number of amides is 3. The van der Waals surface area contributed by atoms with Crippen LogP contribution in [0.25, 0.3) is 0 Å². The zero-order valence-electron chi connectivity index (χ0n) is 17.1. The Balaban J connectivity index is 1.81. The monoisotopic (exact) mass is 382 g/mol. The predicted octanol–water partition coefficient (Wildman–Crippen LogP) is 3.29. The first-order valence-corrected chi connectivity index (χ1v) is 9.89. The number of imide groups is 1. The number of benzene rings is 1. The summed E-state index contributed by atoms with van der Waals surface area (Å²) in [6.07, 6.45) is 5.45.